The van der Waals surface area contributed by atoms with Crippen LogP contribution in [0.4, 0.5) is 5.82 Å². The Labute approximate surface area is 116 Å². The average molecular weight is 265 g/mol. The molecule has 2 heterocycles. The van der Waals surface area contributed by atoms with E-state index >= 15 is 0 Å². The van der Waals surface area contributed by atoms with Gasteiger partial charge in [0, 0.05) is 5.56 Å². The van der Waals surface area contributed by atoms with E-state index in [9.17, 15) is 0 Å². The number of anilines is 1. The van der Waals surface area contributed by atoms with Crippen LogP contribution < -0.4 is 5.73 Å². The minimum atomic E-state index is 0.448. The van der Waals surface area contributed by atoms with Crippen molar-refractivity contribution in [1.82, 2.24) is 19.7 Å². The highest BCUT2D eigenvalue weighted by Crippen LogP contribution is 2.37. The van der Waals surface area contributed by atoms with Crippen LogP contribution >= 0.6 is 0 Å². The molecule has 0 unspecified atom stereocenters. The molecule has 0 atom stereocenters. The summed E-state index contributed by atoms with van der Waals surface area (Å²) in [6, 6.07) is 10.5. The number of rotatable bonds is 2. The first-order valence-electron chi connectivity index (χ1n) is 6.88. The lowest BCUT2D eigenvalue weighted by Crippen LogP contribution is -2.18. The summed E-state index contributed by atoms with van der Waals surface area (Å²) in [5, 5.41) is 5.64. The van der Waals surface area contributed by atoms with Crippen LogP contribution in [-0.4, -0.2) is 19.7 Å². The van der Waals surface area contributed by atoms with Crippen LogP contribution in [0.1, 0.15) is 25.3 Å². The number of hydrogen-bond donors (Lipinski definition) is 1. The van der Waals surface area contributed by atoms with E-state index in [-0.39, 0.29) is 0 Å². The van der Waals surface area contributed by atoms with Crippen LogP contribution in [-0.2, 0) is 0 Å². The van der Waals surface area contributed by atoms with Crippen LogP contribution in [0.5, 0.6) is 0 Å². The molecule has 0 radical (unpaired) electrons. The van der Waals surface area contributed by atoms with Gasteiger partial charge in [0.25, 0.3) is 0 Å². The molecule has 0 amide bonds. The van der Waals surface area contributed by atoms with Gasteiger partial charge in [-0.1, -0.05) is 30.3 Å². The van der Waals surface area contributed by atoms with E-state index in [0.717, 1.165) is 35.1 Å². The van der Waals surface area contributed by atoms with Gasteiger partial charge in [-0.05, 0) is 19.3 Å². The van der Waals surface area contributed by atoms with Gasteiger partial charge in [-0.25, -0.2) is 14.6 Å². The fourth-order valence-corrected chi connectivity index (χ4v) is 2.68. The smallest absolute Gasteiger partial charge is 0.164 e. The molecule has 4 rings (SSSR count). The number of hydrogen-bond acceptors (Lipinski definition) is 4. The summed E-state index contributed by atoms with van der Waals surface area (Å²) >= 11 is 0. The van der Waals surface area contributed by atoms with Gasteiger partial charge in [0.1, 0.15) is 17.8 Å². The maximum atomic E-state index is 6.06. The third-order valence-electron chi connectivity index (χ3n) is 3.99. The zero-order valence-corrected chi connectivity index (χ0v) is 11.0. The predicted octanol–water partition coefficient (Wildman–Crippen LogP) is 2.80. The number of fused-ring (bicyclic) bond motifs is 1. The molecule has 1 aliphatic rings. The molecular formula is C15H15N5. The Kier molecular flexibility index (Phi) is 2.45. The molecular weight excluding hydrogens is 250 g/mol. The van der Waals surface area contributed by atoms with Crippen LogP contribution in [0.25, 0.3) is 22.3 Å². The van der Waals surface area contributed by atoms with E-state index in [1.165, 1.54) is 12.7 Å². The van der Waals surface area contributed by atoms with Crippen molar-refractivity contribution in [3.8, 4) is 11.3 Å². The molecule has 1 fully saturated rings. The first-order valence-corrected chi connectivity index (χ1v) is 6.88. The minimum Gasteiger partial charge on any atom is -0.383 e. The Hall–Kier alpha value is -2.43. The second-order valence-electron chi connectivity index (χ2n) is 5.20. The Morgan fingerprint density at radius 3 is 2.60 bits per heavy atom. The van der Waals surface area contributed by atoms with Gasteiger partial charge in [0.15, 0.2) is 5.65 Å². The maximum absolute atomic E-state index is 6.06. The summed E-state index contributed by atoms with van der Waals surface area (Å²) < 4.78 is 2.03. The zero-order valence-electron chi connectivity index (χ0n) is 11.0. The number of aromatic nitrogens is 4. The lowest BCUT2D eigenvalue weighted by Gasteiger charge is -2.25. The van der Waals surface area contributed by atoms with E-state index < -0.39 is 0 Å². The molecule has 0 spiro atoms. The van der Waals surface area contributed by atoms with Crippen LogP contribution in [0, 0.1) is 0 Å². The molecule has 5 heteroatoms. The monoisotopic (exact) mass is 265 g/mol. The van der Waals surface area contributed by atoms with Gasteiger partial charge >= 0.3 is 0 Å². The van der Waals surface area contributed by atoms with Crippen molar-refractivity contribution in [1.29, 1.82) is 0 Å². The molecule has 1 aliphatic carbocycles. The van der Waals surface area contributed by atoms with Gasteiger partial charge in [-0.3, -0.25) is 0 Å². The van der Waals surface area contributed by atoms with Crippen molar-refractivity contribution >= 4 is 16.9 Å². The van der Waals surface area contributed by atoms with E-state index in [1.54, 1.807) is 0 Å². The van der Waals surface area contributed by atoms with Crippen LogP contribution in [0.15, 0.2) is 36.7 Å². The lowest BCUT2D eigenvalue weighted by molar-refractivity contribution is 0.296. The van der Waals surface area contributed by atoms with Crippen molar-refractivity contribution in [2.24, 2.45) is 0 Å². The summed E-state index contributed by atoms with van der Waals surface area (Å²) in [7, 11) is 0. The molecule has 0 aliphatic heterocycles. The van der Waals surface area contributed by atoms with E-state index in [1.807, 2.05) is 35.0 Å². The third kappa shape index (κ3) is 1.59. The molecule has 1 aromatic carbocycles. The first kappa shape index (κ1) is 11.4. The van der Waals surface area contributed by atoms with Crippen LogP contribution in [0.3, 0.4) is 0 Å². The van der Waals surface area contributed by atoms with Crippen molar-refractivity contribution in [3.63, 3.8) is 0 Å². The quantitative estimate of drug-likeness (QED) is 0.773. The molecule has 0 bridgehead atoms. The predicted molar refractivity (Wildman–Crippen MR) is 78.1 cm³/mol. The Morgan fingerprint density at radius 2 is 1.90 bits per heavy atom. The average Bonchev–Trinajstić information content (AvgIpc) is 2.79. The SMILES string of the molecule is Nc1ncnc2c1c(-c1ccccc1)nn2C1CCC1. The minimum absolute atomic E-state index is 0.448. The van der Waals surface area contributed by atoms with Crippen LogP contribution in [0.2, 0.25) is 0 Å². The van der Waals surface area contributed by atoms with Crippen molar-refractivity contribution in [2.45, 2.75) is 25.3 Å². The zero-order chi connectivity index (χ0) is 13.5. The van der Waals surface area contributed by atoms with Gasteiger partial charge in [-0.15, -0.1) is 0 Å². The Morgan fingerprint density at radius 1 is 1.10 bits per heavy atom. The van der Waals surface area contributed by atoms with Crippen molar-refractivity contribution in [3.05, 3.63) is 36.7 Å². The van der Waals surface area contributed by atoms with E-state index in [2.05, 4.69) is 9.97 Å². The largest absolute Gasteiger partial charge is 0.383 e. The Bertz CT molecular complexity index is 759. The summed E-state index contributed by atoms with van der Waals surface area (Å²) in [5.41, 5.74) is 8.84. The highest BCUT2D eigenvalue weighted by Gasteiger charge is 2.25. The molecule has 1 saturated carbocycles. The van der Waals surface area contributed by atoms with E-state index in [4.69, 9.17) is 10.8 Å². The summed E-state index contributed by atoms with van der Waals surface area (Å²) in [6.07, 6.45) is 5.10. The fraction of sp³-hybridized carbons (Fsp3) is 0.267. The second-order valence-corrected chi connectivity index (χ2v) is 5.20. The van der Waals surface area contributed by atoms with E-state index in [0.29, 0.717) is 11.9 Å². The first-order chi connectivity index (χ1) is 9.84. The normalized spacial score (nSPS) is 15.4. The van der Waals surface area contributed by atoms with Crippen molar-refractivity contribution in [2.75, 3.05) is 5.73 Å². The number of nitrogens with zero attached hydrogens (tertiary/aromatic N) is 4. The number of benzene rings is 1. The standard InChI is InChI=1S/C15H15N5/c16-14-12-13(10-5-2-1-3-6-10)19-20(11-7-4-8-11)15(12)18-9-17-14/h1-3,5-6,9,11H,4,7-8H2,(H2,16,17,18). The molecule has 2 aromatic heterocycles. The maximum Gasteiger partial charge on any atom is 0.164 e. The Balaban J connectivity index is 2.01. The molecule has 100 valence electrons. The number of nitrogens with two attached hydrogens (primary N) is 1. The van der Waals surface area contributed by atoms with Gasteiger partial charge in [0.05, 0.1) is 11.4 Å². The number of nitrogen functional groups attached to an aromatic ring is 1. The molecule has 3 aromatic rings. The second kappa shape index (κ2) is 4.30. The van der Waals surface area contributed by atoms with Gasteiger partial charge in [0.2, 0.25) is 0 Å². The highest BCUT2D eigenvalue weighted by molar-refractivity contribution is 5.98. The summed E-state index contributed by atoms with van der Waals surface area (Å²) in [4.78, 5) is 8.52. The fourth-order valence-electron chi connectivity index (χ4n) is 2.68. The van der Waals surface area contributed by atoms with Gasteiger partial charge in [-0.2, -0.15) is 5.10 Å². The molecule has 5 nitrogen and oxygen atoms in total. The third-order valence-corrected chi connectivity index (χ3v) is 3.99. The lowest BCUT2D eigenvalue weighted by atomic mass is 9.93. The van der Waals surface area contributed by atoms with Gasteiger partial charge < -0.3 is 5.73 Å². The molecule has 2 N–H and O–H groups in total. The molecule has 20 heavy (non-hydrogen) atoms. The highest BCUT2D eigenvalue weighted by atomic mass is 15.3. The summed E-state index contributed by atoms with van der Waals surface area (Å²) in [6.45, 7) is 0. The topological polar surface area (TPSA) is 69.6 Å². The molecule has 0 saturated heterocycles. The van der Waals surface area contributed by atoms with Crippen molar-refractivity contribution < 1.29 is 0 Å². The summed E-state index contributed by atoms with van der Waals surface area (Å²) in [5.74, 6) is 0.499.